The van der Waals surface area contributed by atoms with E-state index in [1.54, 1.807) is 0 Å². The van der Waals surface area contributed by atoms with Crippen LogP contribution in [0.1, 0.15) is 37.3 Å². The number of hydrogen-bond donors (Lipinski definition) is 2. The predicted octanol–water partition coefficient (Wildman–Crippen LogP) is 2.94. The van der Waals surface area contributed by atoms with Gasteiger partial charge in [-0.1, -0.05) is 12.8 Å². The van der Waals surface area contributed by atoms with Crippen LogP contribution >= 0.6 is 12.4 Å². The Morgan fingerprint density at radius 3 is 2.11 bits per heavy atom. The molecule has 1 aromatic rings. The van der Waals surface area contributed by atoms with Gasteiger partial charge in [0.15, 0.2) is 0 Å². The van der Waals surface area contributed by atoms with E-state index in [-0.39, 0.29) is 18.3 Å². The highest BCUT2D eigenvalue weighted by Gasteiger charge is 2.29. The molecule has 0 bridgehead atoms. The van der Waals surface area contributed by atoms with Crippen molar-refractivity contribution >= 4 is 12.4 Å². The van der Waals surface area contributed by atoms with Crippen molar-refractivity contribution in [1.29, 1.82) is 0 Å². The van der Waals surface area contributed by atoms with Gasteiger partial charge in [0.25, 0.3) is 0 Å². The van der Waals surface area contributed by atoms with Crippen molar-refractivity contribution in [3.8, 4) is 0 Å². The Hall–Kier alpha value is -0.710. The van der Waals surface area contributed by atoms with E-state index in [0.717, 1.165) is 31.7 Å². The van der Waals surface area contributed by atoms with Gasteiger partial charge in [-0.2, -0.15) is 0 Å². The van der Waals surface area contributed by atoms with Gasteiger partial charge in [0, 0.05) is 6.07 Å². The number of hydrogen-bond acceptors (Lipinski definition) is 2. The minimum atomic E-state index is -0.723. The van der Waals surface area contributed by atoms with Crippen LogP contribution in [0.3, 0.4) is 0 Å². The predicted molar refractivity (Wildman–Crippen MR) is 68.5 cm³/mol. The van der Waals surface area contributed by atoms with E-state index < -0.39 is 23.8 Å². The van der Waals surface area contributed by atoms with E-state index in [0.29, 0.717) is 5.56 Å². The molecular formula is C13H18ClF2NO. The number of nitrogens with two attached hydrogens (primary N) is 1. The summed E-state index contributed by atoms with van der Waals surface area (Å²) in [7, 11) is 0. The number of aliphatic hydroxyl groups excluding tert-OH is 1. The van der Waals surface area contributed by atoms with Gasteiger partial charge in [-0.3, -0.25) is 0 Å². The molecule has 102 valence electrons. The molecule has 0 amide bonds. The number of aliphatic hydroxyl groups is 1. The lowest BCUT2D eigenvalue weighted by Gasteiger charge is -2.24. The molecule has 1 aromatic carbocycles. The van der Waals surface area contributed by atoms with Gasteiger partial charge < -0.3 is 10.8 Å². The summed E-state index contributed by atoms with van der Waals surface area (Å²) in [4.78, 5) is 0. The Kier molecular flexibility index (Phi) is 5.50. The fraction of sp³-hybridized carbons (Fsp3) is 0.538. The summed E-state index contributed by atoms with van der Waals surface area (Å²) in [5.41, 5.74) is 6.19. The summed E-state index contributed by atoms with van der Waals surface area (Å²) in [6.07, 6.45) is 3.33. The minimum Gasteiger partial charge on any atom is -0.391 e. The topological polar surface area (TPSA) is 46.2 Å². The van der Waals surface area contributed by atoms with Crippen LogP contribution in [0, 0.1) is 17.6 Å². The van der Waals surface area contributed by atoms with Crippen molar-refractivity contribution in [2.45, 2.75) is 37.8 Å². The molecule has 2 atom stereocenters. The molecule has 0 spiro atoms. The van der Waals surface area contributed by atoms with Crippen molar-refractivity contribution in [1.82, 2.24) is 0 Å². The van der Waals surface area contributed by atoms with Gasteiger partial charge >= 0.3 is 0 Å². The molecule has 0 aromatic heterocycles. The standard InChI is InChI=1S/C13H17F2NO.ClH/c14-10-5-9(6-11(15)7-10)12(16)13(17)8-3-1-2-4-8;/h5-8,12-13,17H,1-4,16H2;1H/t12-,13+;/m0./s1. The van der Waals surface area contributed by atoms with E-state index in [4.69, 9.17) is 5.73 Å². The van der Waals surface area contributed by atoms with Gasteiger partial charge in [0.05, 0.1) is 12.1 Å². The quantitative estimate of drug-likeness (QED) is 0.892. The average molecular weight is 278 g/mol. The second-order valence-corrected chi connectivity index (χ2v) is 4.76. The Bertz CT molecular complexity index is 376. The number of rotatable bonds is 3. The van der Waals surface area contributed by atoms with E-state index in [2.05, 4.69) is 0 Å². The first-order valence-corrected chi connectivity index (χ1v) is 5.97. The maximum absolute atomic E-state index is 13.1. The second kappa shape index (κ2) is 6.45. The van der Waals surface area contributed by atoms with Crippen molar-refractivity contribution < 1.29 is 13.9 Å². The molecule has 0 saturated heterocycles. The SMILES string of the molecule is Cl.N[C@@H](c1cc(F)cc(F)c1)[C@H](O)C1CCCC1. The van der Waals surface area contributed by atoms with Crippen molar-refractivity contribution in [3.63, 3.8) is 0 Å². The first-order valence-electron chi connectivity index (χ1n) is 5.97. The first kappa shape index (κ1) is 15.3. The third kappa shape index (κ3) is 3.40. The summed E-state index contributed by atoms with van der Waals surface area (Å²) in [6, 6.07) is 2.46. The third-order valence-electron chi connectivity index (χ3n) is 3.52. The summed E-state index contributed by atoms with van der Waals surface area (Å²) in [5.74, 6) is -1.17. The summed E-state index contributed by atoms with van der Waals surface area (Å²) < 4.78 is 26.1. The molecule has 2 nitrogen and oxygen atoms in total. The third-order valence-corrected chi connectivity index (χ3v) is 3.52. The zero-order valence-electron chi connectivity index (χ0n) is 9.98. The van der Waals surface area contributed by atoms with Crippen molar-refractivity contribution in [2.24, 2.45) is 11.7 Å². The van der Waals surface area contributed by atoms with Crippen LogP contribution in [-0.2, 0) is 0 Å². The molecule has 1 saturated carbocycles. The van der Waals surface area contributed by atoms with Crippen LogP contribution in [0.15, 0.2) is 18.2 Å². The smallest absolute Gasteiger partial charge is 0.126 e. The molecule has 0 aliphatic heterocycles. The highest BCUT2D eigenvalue weighted by Crippen LogP contribution is 2.32. The normalized spacial score (nSPS) is 19.3. The van der Waals surface area contributed by atoms with Gasteiger partial charge in [0.1, 0.15) is 11.6 Å². The highest BCUT2D eigenvalue weighted by atomic mass is 35.5. The second-order valence-electron chi connectivity index (χ2n) is 4.76. The Morgan fingerprint density at radius 2 is 1.61 bits per heavy atom. The molecule has 5 heteroatoms. The zero-order valence-corrected chi connectivity index (χ0v) is 10.8. The molecule has 0 radical (unpaired) electrons. The lowest BCUT2D eigenvalue weighted by molar-refractivity contribution is 0.0843. The van der Waals surface area contributed by atoms with Crippen LogP contribution in [0.5, 0.6) is 0 Å². The summed E-state index contributed by atoms with van der Waals surface area (Å²) in [5, 5.41) is 10.1. The molecule has 0 heterocycles. The lowest BCUT2D eigenvalue weighted by atomic mass is 9.91. The zero-order chi connectivity index (χ0) is 12.4. The molecule has 2 rings (SSSR count). The lowest BCUT2D eigenvalue weighted by Crippen LogP contribution is -2.32. The molecule has 0 unspecified atom stereocenters. The maximum atomic E-state index is 13.1. The highest BCUT2D eigenvalue weighted by molar-refractivity contribution is 5.85. The van der Waals surface area contributed by atoms with E-state index in [1.165, 1.54) is 12.1 Å². The summed E-state index contributed by atoms with van der Waals surface area (Å²) >= 11 is 0. The van der Waals surface area contributed by atoms with Crippen molar-refractivity contribution in [3.05, 3.63) is 35.4 Å². The van der Waals surface area contributed by atoms with Crippen molar-refractivity contribution in [2.75, 3.05) is 0 Å². The maximum Gasteiger partial charge on any atom is 0.126 e. The van der Waals surface area contributed by atoms with Gasteiger partial charge in [-0.05, 0) is 36.5 Å². The number of benzene rings is 1. The van der Waals surface area contributed by atoms with Crippen LogP contribution in [0.4, 0.5) is 8.78 Å². The minimum absolute atomic E-state index is 0. The van der Waals surface area contributed by atoms with Crippen LogP contribution in [0.2, 0.25) is 0 Å². The molecule has 3 N–H and O–H groups in total. The Morgan fingerprint density at radius 1 is 1.11 bits per heavy atom. The summed E-state index contributed by atoms with van der Waals surface area (Å²) in [6.45, 7) is 0. The largest absolute Gasteiger partial charge is 0.391 e. The monoisotopic (exact) mass is 277 g/mol. The molecule has 1 fully saturated rings. The van der Waals surface area contributed by atoms with Crippen LogP contribution < -0.4 is 5.73 Å². The van der Waals surface area contributed by atoms with E-state index >= 15 is 0 Å². The average Bonchev–Trinajstić information content (AvgIpc) is 2.79. The Balaban J connectivity index is 0.00000162. The van der Waals surface area contributed by atoms with Gasteiger partial charge in [-0.25, -0.2) is 8.78 Å². The first-order chi connectivity index (χ1) is 8.08. The van der Waals surface area contributed by atoms with E-state index in [9.17, 15) is 13.9 Å². The van der Waals surface area contributed by atoms with E-state index in [1.807, 2.05) is 0 Å². The molecular weight excluding hydrogens is 260 g/mol. The Labute approximate surface area is 112 Å². The molecule has 1 aliphatic rings. The molecule has 18 heavy (non-hydrogen) atoms. The van der Waals surface area contributed by atoms with Gasteiger partial charge in [-0.15, -0.1) is 12.4 Å². The van der Waals surface area contributed by atoms with Crippen LogP contribution in [0.25, 0.3) is 0 Å². The fourth-order valence-electron chi connectivity index (χ4n) is 2.56. The van der Waals surface area contributed by atoms with Gasteiger partial charge in [0.2, 0.25) is 0 Å². The van der Waals surface area contributed by atoms with Crippen LogP contribution in [-0.4, -0.2) is 11.2 Å². The number of halogens is 3. The molecule has 1 aliphatic carbocycles. The fourth-order valence-corrected chi connectivity index (χ4v) is 2.56.